The van der Waals surface area contributed by atoms with Crippen molar-refractivity contribution >= 4 is 26.3 Å². The normalized spacial score (nSPS) is 17.1. The number of nitrogens with one attached hydrogen (secondary N) is 1. The fourth-order valence-electron chi connectivity index (χ4n) is 5.16. The molecule has 3 aromatic rings. The molecular formula is C38H50N2O7Si. The number of rotatable bonds is 8. The van der Waals surface area contributed by atoms with E-state index in [0.717, 1.165) is 11.1 Å². The molecule has 0 aliphatic carbocycles. The molecule has 0 spiro atoms. The molecule has 1 N–H and O–H groups in total. The molecule has 0 bridgehead atoms. The Morgan fingerprint density at radius 3 is 2.12 bits per heavy atom. The number of methoxy groups -OCH3 is 1. The predicted molar refractivity (Wildman–Crippen MR) is 190 cm³/mol. The van der Waals surface area contributed by atoms with Gasteiger partial charge in [0.2, 0.25) is 8.32 Å². The molecule has 0 aromatic heterocycles. The minimum absolute atomic E-state index is 0.0318. The van der Waals surface area contributed by atoms with Crippen molar-refractivity contribution in [1.82, 2.24) is 10.2 Å². The molecule has 2 amide bonds. The zero-order valence-electron chi connectivity index (χ0n) is 29.7. The first-order chi connectivity index (χ1) is 22.5. The summed E-state index contributed by atoms with van der Waals surface area (Å²) in [4.78, 5) is 41.9. The van der Waals surface area contributed by atoms with Crippen molar-refractivity contribution in [2.75, 3.05) is 20.2 Å². The van der Waals surface area contributed by atoms with E-state index in [1.807, 2.05) is 57.2 Å². The molecule has 4 rings (SSSR count). The van der Waals surface area contributed by atoms with Gasteiger partial charge in [-0.05, 0) is 99.8 Å². The summed E-state index contributed by atoms with van der Waals surface area (Å²) in [5, 5.41) is 3.08. The second-order valence-corrected chi connectivity index (χ2v) is 19.5. The molecule has 0 unspecified atom stereocenters. The first-order valence-electron chi connectivity index (χ1n) is 16.5. The molecule has 0 radical (unpaired) electrons. The molecule has 258 valence electrons. The van der Waals surface area contributed by atoms with Crippen molar-refractivity contribution in [2.45, 2.75) is 90.3 Å². The van der Waals surface area contributed by atoms with Gasteiger partial charge in [0.15, 0.2) is 0 Å². The van der Waals surface area contributed by atoms with Crippen LogP contribution in [0.25, 0.3) is 11.1 Å². The summed E-state index contributed by atoms with van der Waals surface area (Å²) >= 11 is 0. The van der Waals surface area contributed by atoms with E-state index in [4.69, 9.17) is 18.6 Å². The number of carbonyl (C=O) groups is 3. The highest BCUT2D eigenvalue weighted by Crippen LogP contribution is 2.37. The van der Waals surface area contributed by atoms with E-state index in [2.05, 4.69) is 39.2 Å². The lowest BCUT2D eigenvalue weighted by Gasteiger charge is -2.36. The van der Waals surface area contributed by atoms with Crippen molar-refractivity contribution < 1.29 is 33.0 Å². The van der Waals surface area contributed by atoms with Crippen LogP contribution in [0.15, 0.2) is 72.8 Å². The van der Waals surface area contributed by atoms with E-state index in [1.54, 1.807) is 48.4 Å². The van der Waals surface area contributed by atoms with Crippen LogP contribution in [0.1, 0.15) is 75.1 Å². The molecule has 3 aromatic carbocycles. The molecule has 1 fully saturated rings. The Hall–Kier alpha value is -4.31. The van der Waals surface area contributed by atoms with Gasteiger partial charge < -0.3 is 28.9 Å². The average Bonchev–Trinajstić information content (AvgIpc) is 3.21. The zero-order chi connectivity index (χ0) is 35.3. The standard InChI is InChI=1S/C38H50N2O7Si/c1-37(2,3)46-36(43)40-23-13-16-32(45-35(42)28-19-22-30(33(24-28)44-7)26-14-11-10-12-15-26)31(25-40)39-34(41)27-17-20-29(21-18-27)47-48(8,9)38(4,5)6/h10-12,14-15,17-22,24,31-32H,13,16,23,25H2,1-9H3,(H,39,41)/t31-,32-/m1/s1. The quantitative estimate of drug-likeness (QED) is 0.190. The SMILES string of the molecule is COc1cc(C(=O)O[C@@H]2CCCN(C(=O)OC(C)(C)C)C[C@H]2NC(=O)c2ccc(O[Si](C)(C)C(C)(C)C)cc2)ccc1-c1ccccc1. The minimum Gasteiger partial charge on any atom is -0.544 e. The van der Waals surface area contributed by atoms with Crippen LogP contribution < -0.4 is 14.5 Å². The largest absolute Gasteiger partial charge is 0.544 e. The number of hydrogen-bond acceptors (Lipinski definition) is 7. The van der Waals surface area contributed by atoms with Gasteiger partial charge in [-0.1, -0.05) is 51.1 Å². The fraction of sp³-hybridized carbons (Fsp3) is 0.447. The molecule has 9 nitrogen and oxygen atoms in total. The van der Waals surface area contributed by atoms with Gasteiger partial charge in [0, 0.05) is 24.2 Å². The third kappa shape index (κ3) is 9.40. The maximum absolute atomic E-state index is 13.6. The topological polar surface area (TPSA) is 103 Å². The Balaban J connectivity index is 1.55. The molecule has 1 heterocycles. The summed E-state index contributed by atoms with van der Waals surface area (Å²) in [5.41, 5.74) is 1.87. The van der Waals surface area contributed by atoms with Crippen molar-refractivity contribution in [2.24, 2.45) is 0 Å². The summed E-state index contributed by atoms with van der Waals surface area (Å²) in [6.45, 7) is 16.8. The smallest absolute Gasteiger partial charge is 0.410 e. The van der Waals surface area contributed by atoms with Gasteiger partial charge in [0.1, 0.15) is 23.2 Å². The van der Waals surface area contributed by atoms with Crippen LogP contribution in [0.5, 0.6) is 11.5 Å². The van der Waals surface area contributed by atoms with Crippen LogP contribution in [0.4, 0.5) is 4.79 Å². The van der Waals surface area contributed by atoms with Crippen LogP contribution in [-0.2, 0) is 9.47 Å². The Morgan fingerprint density at radius 1 is 0.875 bits per heavy atom. The van der Waals surface area contributed by atoms with Gasteiger partial charge in [-0.2, -0.15) is 0 Å². The highest BCUT2D eigenvalue weighted by Gasteiger charge is 2.39. The summed E-state index contributed by atoms with van der Waals surface area (Å²) in [7, 11) is -0.492. The first kappa shape index (κ1) is 36.5. The van der Waals surface area contributed by atoms with Crippen molar-refractivity contribution in [1.29, 1.82) is 0 Å². The summed E-state index contributed by atoms with van der Waals surface area (Å²) in [6, 6.07) is 21.3. The van der Waals surface area contributed by atoms with E-state index in [-0.39, 0.29) is 17.5 Å². The second kappa shape index (κ2) is 14.8. The Bertz CT molecular complexity index is 1580. The van der Waals surface area contributed by atoms with Crippen LogP contribution >= 0.6 is 0 Å². The fourth-order valence-corrected chi connectivity index (χ4v) is 6.19. The maximum Gasteiger partial charge on any atom is 0.410 e. The predicted octanol–water partition coefficient (Wildman–Crippen LogP) is 8.10. The third-order valence-electron chi connectivity index (χ3n) is 8.83. The highest BCUT2D eigenvalue weighted by molar-refractivity contribution is 6.74. The van der Waals surface area contributed by atoms with Gasteiger partial charge >= 0.3 is 12.1 Å². The van der Waals surface area contributed by atoms with Gasteiger partial charge in [0.25, 0.3) is 5.91 Å². The van der Waals surface area contributed by atoms with Crippen LogP contribution in [0.2, 0.25) is 18.1 Å². The van der Waals surface area contributed by atoms with E-state index in [9.17, 15) is 14.4 Å². The number of esters is 1. The molecule has 1 aliphatic heterocycles. The number of likely N-dealkylation sites (tertiary alicyclic amines) is 1. The summed E-state index contributed by atoms with van der Waals surface area (Å²) in [5.74, 6) is 0.359. The van der Waals surface area contributed by atoms with Gasteiger partial charge in [-0.3, -0.25) is 4.79 Å². The van der Waals surface area contributed by atoms with Gasteiger partial charge in [0.05, 0.1) is 18.7 Å². The zero-order valence-corrected chi connectivity index (χ0v) is 30.7. The number of amides is 2. The third-order valence-corrected chi connectivity index (χ3v) is 13.2. The first-order valence-corrected chi connectivity index (χ1v) is 19.4. The average molecular weight is 675 g/mol. The number of hydrogen-bond donors (Lipinski definition) is 1. The number of nitrogens with zero attached hydrogens (tertiary/aromatic N) is 1. The minimum atomic E-state index is -2.05. The lowest BCUT2D eigenvalue weighted by molar-refractivity contribution is 0.0127. The Kier molecular flexibility index (Phi) is 11.3. The molecular weight excluding hydrogens is 625 g/mol. The molecule has 1 aliphatic rings. The summed E-state index contributed by atoms with van der Waals surface area (Å²) in [6.07, 6.45) is -0.189. The van der Waals surface area contributed by atoms with Crippen molar-refractivity contribution in [3.05, 3.63) is 83.9 Å². The monoisotopic (exact) mass is 674 g/mol. The maximum atomic E-state index is 13.6. The molecule has 0 saturated carbocycles. The lowest BCUT2D eigenvalue weighted by atomic mass is 10.0. The lowest BCUT2D eigenvalue weighted by Crippen LogP contribution is -2.51. The molecule has 48 heavy (non-hydrogen) atoms. The highest BCUT2D eigenvalue weighted by atomic mass is 28.4. The van der Waals surface area contributed by atoms with Gasteiger partial charge in [-0.15, -0.1) is 0 Å². The van der Waals surface area contributed by atoms with Crippen molar-refractivity contribution in [3.8, 4) is 22.6 Å². The van der Waals surface area contributed by atoms with Crippen LogP contribution in [0.3, 0.4) is 0 Å². The van der Waals surface area contributed by atoms with Crippen LogP contribution in [0, 0.1) is 0 Å². The van der Waals surface area contributed by atoms with E-state index >= 15 is 0 Å². The van der Waals surface area contributed by atoms with E-state index in [0.29, 0.717) is 42.0 Å². The van der Waals surface area contributed by atoms with E-state index < -0.39 is 38.1 Å². The number of benzene rings is 3. The Labute approximate surface area is 286 Å². The molecule has 1 saturated heterocycles. The second-order valence-electron chi connectivity index (χ2n) is 14.8. The molecule has 10 heteroatoms. The number of ether oxygens (including phenoxy) is 3. The number of carbonyl (C=O) groups excluding carboxylic acids is 3. The Morgan fingerprint density at radius 2 is 1.52 bits per heavy atom. The van der Waals surface area contributed by atoms with E-state index in [1.165, 1.54) is 0 Å². The van der Waals surface area contributed by atoms with Crippen LogP contribution in [-0.4, -0.2) is 69.1 Å². The summed E-state index contributed by atoms with van der Waals surface area (Å²) < 4.78 is 23.7. The van der Waals surface area contributed by atoms with Gasteiger partial charge in [-0.25, -0.2) is 9.59 Å². The molecule has 2 atom stereocenters. The van der Waals surface area contributed by atoms with Crippen molar-refractivity contribution in [3.63, 3.8) is 0 Å².